The molecule has 1 saturated carbocycles. The quantitative estimate of drug-likeness (QED) is 0.423. The van der Waals surface area contributed by atoms with Gasteiger partial charge in [0, 0.05) is 12.0 Å². The third-order valence-electron chi connectivity index (χ3n) is 6.98. The minimum Gasteiger partial charge on any atom is -0.508 e. The van der Waals surface area contributed by atoms with Crippen LogP contribution in [0.15, 0.2) is 65.2 Å². The number of hydrogen-bond donors (Lipinski definition) is 1. The second-order valence-corrected chi connectivity index (χ2v) is 9.50. The van der Waals surface area contributed by atoms with Crippen LogP contribution < -0.4 is 0 Å². The first-order valence-corrected chi connectivity index (χ1v) is 11.9. The molecule has 0 aliphatic heterocycles. The van der Waals surface area contributed by atoms with Crippen LogP contribution in [0.25, 0.3) is 0 Å². The molecule has 1 aromatic heterocycles. The molecule has 0 radical (unpaired) electrons. The van der Waals surface area contributed by atoms with Crippen LogP contribution in [0.3, 0.4) is 0 Å². The second kappa shape index (κ2) is 10.2. The van der Waals surface area contributed by atoms with Crippen molar-refractivity contribution in [1.82, 2.24) is 4.98 Å². The van der Waals surface area contributed by atoms with Gasteiger partial charge in [-0.2, -0.15) is 0 Å². The summed E-state index contributed by atoms with van der Waals surface area (Å²) < 4.78 is 6.40. The number of aromatic hydroxyl groups is 1. The third kappa shape index (κ3) is 5.39. The van der Waals surface area contributed by atoms with Gasteiger partial charge in [-0.1, -0.05) is 81.6 Å². The lowest BCUT2D eigenvalue weighted by Gasteiger charge is -2.29. The number of nitrogens with zero attached hydrogens (tertiary/aromatic N) is 1. The van der Waals surface area contributed by atoms with Crippen molar-refractivity contribution in [3.05, 3.63) is 83.6 Å². The van der Waals surface area contributed by atoms with Crippen molar-refractivity contribution < 1.29 is 9.52 Å². The van der Waals surface area contributed by atoms with E-state index in [2.05, 4.69) is 44.2 Å². The van der Waals surface area contributed by atoms with E-state index in [-0.39, 0.29) is 5.92 Å². The van der Waals surface area contributed by atoms with Gasteiger partial charge in [0.2, 0.25) is 5.89 Å². The summed E-state index contributed by atoms with van der Waals surface area (Å²) in [7, 11) is 0. The molecule has 1 fully saturated rings. The lowest BCUT2D eigenvalue weighted by Crippen LogP contribution is -2.18. The fraction of sp³-hybridized carbons (Fsp3) is 0.464. The molecule has 0 amide bonds. The lowest BCUT2D eigenvalue weighted by molar-refractivity contribution is 0.280. The Morgan fingerprint density at radius 3 is 2.35 bits per heavy atom. The first kappa shape index (κ1) is 21.7. The van der Waals surface area contributed by atoms with Gasteiger partial charge in [-0.15, -0.1) is 0 Å². The van der Waals surface area contributed by atoms with E-state index in [1.165, 1.54) is 37.7 Å². The van der Waals surface area contributed by atoms with Crippen molar-refractivity contribution in [3.8, 4) is 5.75 Å². The largest absolute Gasteiger partial charge is 0.508 e. The Bertz CT molecular complexity index is 940. The SMILES string of the molecule is CC(C)C(Cc1ccccc1)Cc1cnc([C@@H](c2ccccc2O)C2CCCCC2)o1. The molecular formula is C28H35NO2. The number of aromatic nitrogens is 1. The number of hydrogen-bond acceptors (Lipinski definition) is 3. The highest BCUT2D eigenvalue weighted by atomic mass is 16.4. The molecule has 3 nitrogen and oxygen atoms in total. The van der Waals surface area contributed by atoms with E-state index in [1.54, 1.807) is 6.07 Å². The smallest absolute Gasteiger partial charge is 0.202 e. The van der Waals surface area contributed by atoms with Crippen LogP contribution in [-0.4, -0.2) is 10.1 Å². The molecule has 1 aliphatic carbocycles. The summed E-state index contributed by atoms with van der Waals surface area (Å²) in [6.45, 7) is 4.58. The van der Waals surface area contributed by atoms with E-state index in [9.17, 15) is 5.11 Å². The molecule has 4 rings (SSSR count). The Balaban J connectivity index is 1.57. The summed E-state index contributed by atoms with van der Waals surface area (Å²) in [6.07, 6.45) is 9.97. The maximum Gasteiger partial charge on any atom is 0.202 e. The molecule has 1 N–H and O–H groups in total. The fourth-order valence-corrected chi connectivity index (χ4v) is 5.09. The highest BCUT2D eigenvalue weighted by Gasteiger charge is 2.32. The van der Waals surface area contributed by atoms with E-state index in [0.29, 0.717) is 23.5 Å². The highest BCUT2D eigenvalue weighted by Crippen LogP contribution is 2.43. The van der Waals surface area contributed by atoms with Crippen LogP contribution in [0.1, 0.15) is 74.6 Å². The fourth-order valence-electron chi connectivity index (χ4n) is 5.09. The zero-order valence-electron chi connectivity index (χ0n) is 18.8. The molecule has 31 heavy (non-hydrogen) atoms. The molecule has 3 heteroatoms. The molecule has 0 saturated heterocycles. The molecule has 3 aromatic rings. The van der Waals surface area contributed by atoms with Gasteiger partial charge in [-0.25, -0.2) is 4.98 Å². The first-order valence-electron chi connectivity index (χ1n) is 11.9. The number of para-hydroxylation sites is 1. The van der Waals surface area contributed by atoms with Crippen molar-refractivity contribution in [3.63, 3.8) is 0 Å². The van der Waals surface area contributed by atoms with Gasteiger partial charge in [-0.05, 0) is 48.6 Å². The van der Waals surface area contributed by atoms with Crippen molar-refractivity contribution in [2.45, 2.75) is 64.7 Å². The number of oxazole rings is 1. The maximum absolute atomic E-state index is 10.6. The van der Waals surface area contributed by atoms with Crippen molar-refractivity contribution in [1.29, 1.82) is 0 Å². The molecule has 2 atom stereocenters. The molecule has 1 unspecified atom stereocenters. The Hall–Kier alpha value is -2.55. The van der Waals surface area contributed by atoms with Gasteiger partial charge in [0.05, 0.1) is 12.1 Å². The summed E-state index contributed by atoms with van der Waals surface area (Å²) in [4.78, 5) is 4.75. The lowest BCUT2D eigenvalue weighted by atomic mass is 9.76. The summed E-state index contributed by atoms with van der Waals surface area (Å²) in [5.74, 6) is 3.64. The van der Waals surface area contributed by atoms with Crippen LogP contribution in [-0.2, 0) is 12.8 Å². The van der Waals surface area contributed by atoms with Crippen LogP contribution in [0.4, 0.5) is 0 Å². The molecule has 2 aromatic carbocycles. The Morgan fingerprint density at radius 1 is 0.935 bits per heavy atom. The van der Waals surface area contributed by atoms with Gasteiger partial charge >= 0.3 is 0 Å². The van der Waals surface area contributed by atoms with Crippen molar-refractivity contribution >= 4 is 0 Å². The zero-order valence-corrected chi connectivity index (χ0v) is 18.8. The van der Waals surface area contributed by atoms with E-state index in [4.69, 9.17) is 9.40 Å². The zero-order chi connectivity index (χ0) is 21.6. The molecule has 0 spiro atoms. The maximum atomic E-state index is 10.6. The van der Waals surface area contributed by atoms with Crippen LogP contribution >= 0.6 is 0 Å². The van der Waals surface area contributed by atoms with Gasteiger partial charge in [0.15, 0.2) is 0 Å². The molecule has 0 bridgehead atoms. The van der Waals surface area contributed by atoms with E-state index in [0.717, 1.165) is 30.1 Å². The molecule has 164 valence electrons. The summed E-state index contributed by atoms with van der Waals surface area (Å²) in [6, 6.07) is 18.4. The summed E-state index contributed by atoms with van der Waals surface area (Å²) >= 11 is 0. The standard InChI is InChI=1S/C28H35NO2/c1-20(2)23(17-21-11-5-3-6-12-21)18-24-19-29-28(31-24)27(22-13-7-4-8-14-22)25-15-9-10-16-26(25)30/h3,5-6,9-12,15-16,19-20,22-23,27,30H,4,7-8,13-14,17-18H2,1-2H3/t23?,27-/m1/s1. The van der Waals surface area contributed by atoms with Gasteiger partial charge in [-0.3, -0.25) is 0 Å². The summed E-state index contributed by atoms with van der Waals surface area (Å²) in [5, 5.41) is 10.6. The first-order chi connectivity index (χ1) is 15.1. The van der Waals surface area contributed by atoms with Crippen LogP contribution in [0.2, 0.25) is 0 Å². The Labute approximate surface area is 186 Å². The minimum absolute atomic E-state index is 0.0295. The monoisotopic (exact) mass is 417 g/mol. The number of phenolic OH excluding ortho intramolecular Hbond substituents is 1. The number of benzene rings is 2. The average Bonchev–Trinajstić information content (AvgIpc) is 3.24. The predicted octanol–water partition coefficient (Wildman–Crippen LogP) is 7.15. The molecular weight excluding hydrogens is 382 g/mol. The number of phenols is 1. The average molecular weight is 418 g/mol. The highest BCUT2D eigenvalue weighted by molar-refractivity contribution is 5.38. The molecule has 1 aliphatic rings. The van der Waals surface area contributed by atoms with E-state index < -0.39 is 0 Å². The topological polar surface area (TPSA) is 46.3 Å². The van der Waals surface area contributed by atoms with Crippen molar-refractivity contribution in [2.24, 2.45) is 17.8 Å². The number of rotatable bonds is 8. The second-order valence-electron chi connectivity index (χ2n) is 9.50. The van der Waals surface area contributed by atoms with Gasteiger partial charge in [0.1, 0.15) is 11.5 Å². The Kier molecular flexibility index (Phi) is 7.11. The normalized spacial score (nSPS) is 17.0. The summed E-state index contributed by atoms with van der Waals surface area (Å²) in [5.41, 5.74) is 2.32. The van der Waals surface area contributed by atoms with Gasteiger partial charge in [0.25, 0.3) is 0 Å². The van der Waals surface area contributed by atoms with Gasteiger partial charge < -0.3 is 9.52 Å². The van der Waals surface area contributed by atoms with Crippen molar-refractivity contribution in [2.75, 3.05) is 0 Å². The Morgan fingerprint density at radius 2 is 1.65 bits per heavy atom. The van der Waals surface area contributed by atoms with E-state index >= 15 is 0 Å². The van der Waals surface area contributed by atoms with E-state index in [1.807, 2.05) is 24.4 Å². The third-order valence-corrected chi connectivity index (χ3v) is 6.98. The van der Waals surface area contributed by atoms with Crippen LogP contribution in [0, 0.1) is 17.8 Å². The predicted molar refractivity (Wildman–Crippen MR) is 125 cm³/mol. The van der Waals surface area contributed by atoms with Crippen LogP contribution in [0.5, 0.6) is 5.75 Å². The molecule has 1 heterocycles. The minimum atomic E-state index is 0.0295.